The molecule has 1 saturated heterocycles. The normalized spacial score (nSPS) is 21.2. The van der Waals surface area contributed by atoms with Crippen LogP contribution in [0.25, 0.3) is 0 Å². The van der Waals surface area contributed by atoms with Crippen LogP contribution in [0.1, 0.15) is 36.6 Å². The minimum Gasteiger partial charge on any atom is -0.356 e. The second kappa shape index (κ2) is 8.71. The number of fused-ring (bicyclic) bond motifs is 4. The lowest BCUT2D eigenvalue weighted by Gasteiger charge is -2.43. The number of carbonyl (C=O) groups is 1. The number of piperidine rings is 1. The van der Waals surface area contributed by atoms with E-state index in [1.807, 2.05) is 47.9 Å². The highest BCUT2D eigenvalue weighted by atomic mass is 32.2. The Balaban J connectivity index is 1.32. The molecule has 2 aliphatic rings. The van der Waals surface area contributed by atoms with E-state index in [-0.39, 0.29) is 17.5 Å². The number of nitrogens with one attached hydrogen (secondary N) is 1. The third-order valence-electron chi connectivity index (χ3n) is 5.74. The molecular weight excluding hydrogens is 402 g/mol. The topological polar surface area (TPSA) is 54.3 Å². The molecule has 3 unspecified atom stereocenters. The maximum Gasteiger partial charge on any atom is 0.250 e. The summed E-state index contributed by atoms with van der Waals surface area (Å²) in [5.74, 6) is 1.05. The lowest BCUT2D eigenvalue weighted by molar-refractivity contribution is -0.119. The van der Waals surface area contributed by atoms with Crippen LogP contribution in [0.5, 0.6) is 0 Å². The van der Waals surface area contributed by atoms with Gasteiger partial charge in [0, 0.05) is 37.3 Å². The van der Waals surface area contributed by atoms with E-state index in [0.717, 1.165) is 41.6 Å². The fraction of sp³-hybridized carbons (Fsp3) is 0.409. The zero-order chi connectivity index (χ0) is 20.4. The first-order valence-electron chi connectivity index (χ1n) is 9.97. The molecule has 1 amide bonds. The molecule has 29 heavy (non-hydrogen) atoms. The van der Waals surface area contributed by atoms with Crippen LogP contribution in [-0.2, 0) is 11.3 Å². The van der Waals surface area contributed by atoms with E-state index in [2.05, 4.69) is 16.3 Å². The maximum absolute atomic E-state index is 12.4. The Morgan fingerprint density at radius 2 is 1.97 bits per heavy atom. The van der Waals surface area contributed by atoms with E-state index >= 15 is 0 Å². The molecule has 0 aliphatic carbocycles. The van der Waals surface area contributed by atoms with Gasteiger partial charge in [0.15, 0.2) is 0 Å². The Hall–Kier alpha value is -2.12. The van der Waals surface area contributed by atoms with Crippen molar-refractivity contribution in [2.45, 2.75) is 31.8 Å². The summed E-state index contributed by atoms with van der Waals surface area (Å²) in [6.45, 7) is 4.41. The van der Waals surface area contributed by atoms with Crippen LogP contribution < -0.4 is 10.9 Å². The number of aromatic nitrogens is 1. The van der Waals surface area contributed by atoms with Crippen molar-refractivity contribution in [1.82, 2.24) is 14.8 Å². The second-order valence-electron chi connectivity index (χ2n) is 7.86. The van der Waals surface area contributed by atoms with Crippen LogP contribution in [0.3, 0.4) is 0 Å². The summed E-state index contributed by atoms with van der Waals surface area (Å²) >= 11 is 7.07. The minimum absolute atomic E-state index is 0.0113. The number of nitrogens with zero attached hydrogens (tertiary/aromatic N) is 2. The number of pyridine rings is 1. The summed E-state index contributed by atoms with van der Waals surface area (Å²) in [7, 11) is 0. The molecule has 0 spiro atoms. The van der Waals surface area contributed by atoms with E-state index < -0.39 is 0 Å². The molecule has 1 aromatic heterocycles. The van der Waals surface area contributed by atoms with Crippen molar-refractivity contribution >= 4 is 34.2 Å². The molecule has 3 atom stereocenters. The van der Waals surface area contributed by atoms with Gasteiger partial charge in [0.25, 0.3) is 5.56 Å². The van der Waals surface area contributed by atoms with Crippen molar-refractivity contribution in [2.75, 3.05) is 18.8 Å². The number of amides is 1. The number of likely N-dealkylation sites (tertiary alicyclic amines) is 1. The molecule has 152 valence electrons. The van der Waals surface area contributed by atoms with Gasteiger partial charge in [0.1, 0.15) is 4.32 Å². The molecule has 0 radical (unpaired) electrons. The van der Waals surface area contributed by atoms with Gasteiger partial charge in [0.05, 0.1) is 11.8 Å². The van der Waals surface area contributed by atoms with E-state index in [0.29, 0.717) is 17.6 Å². The molecule has 5 nitrogen and oxygen atoms in total. The molecule has 7 heteroatoms. The smallest absolute Gasteiger partial charge is 0.250 e. The fourth-order valence-corrected chi connectivity index (χ4v) is 5.37. The number of carbonyl (C=O) groups excluding carboxylic acids is 1. The predicted octanol–water partition coefficient (Wildman–Crippen LogP) is 3.16. The summed E-state index contributed by atoms with van der Waals surface area (Å²) in [4.78, 5) is 26.7. The summed E-state index contributed by atoms with van der Waals surface area (Å²) < 4.78 is 2.69. The van der Waals surface area contributed by atoms with Crippen LogP contribution in [0, 0.1) is 5.92 Å². The Kier molecular flexibility index (Phi) is 6.06. The number of thiocarbonyl (C=S) groups is 1. The van der Waals surface area contributed by atoms with Gasteiger partial charge in [-0.05, 0) is 30.9 Å². The second-order valence-corrected chi connectivity index (χ2v) is 9.47. The highest BCUT2D eigenvalue weighted by molar-refractivity contribution is 8.23. The monoisotopic (exact) mass is 427 g/mol. The summed E-state index contributed by atoms with van der Waals surface area (Å²) in [5.41, 5.74) is 2.29. The van der Waals surface area contributed by atoms with Gasteiger partial charge >= 0.3 is 0 Å². The number of benzene rings is 1. The van der Waals surface area contributed by atoms with Gasteiger partial charge in [-0.2, -0.15) is 0 Å². The lowest BCUT2D eigenvalue weighted by atomic mass is 9.83. The maximum atomic E-state index is 12.4. The van der Waals surface area contributed by atoms with Crippen molar-refractivity contribution in [3.05, 3.63) is 70.1 Å². The van der Waals surface area contributed by atoms with Crippen LogP contribution in [-0.4, -0.2) is 38.5 Å². The Morgan fingerprint density at radius 3 is 2.76 bits per heavy atom. The number of thioether (sulfide) groups is 1. The first-order chi connectivity index (χ1) is 14.0. The van der Waals surface area contributed by atoms with Gasteiger partial charge in [0.2, 0.25) is 5.91 Å². The molecule has 0 saturated carbocycles. The summed E-state index contributed by atoms with van der Waals surface area (Å²) in [6, 6.07) is 15.5. The van der Waals surface area contributed by atoms with Crippen molar-refractivity contribution in [2.24, 2.45) is 5.92 Å². The molecule has 3 heterocycles. The zero-order valence-corrected chi connectivity index (χ0v) is 18.0. The van der Waals surface area contributed by atoms with Crippen LogP contribution in [0.4, 0.5) is 0 Å². The van der Waals surface area contributed by atoms with Crippen molar-refractivity contribution in [1.29, 1.82) is 0 Å². The number of hydrogen-bond acceptors (Lipinski definition) is 4. The minimum atomic E-state index is -0.0259. The fourth-order valence-electron chi connectivity index (χ4n) is 4.37. The molecule has 2 aromatic rings. The molecule has 4 rings (SSSR count). The summed E-state index contributed by atoms with van der Waals surface area (Å²) in [5, 5.41) is 3.04. The molecule has 2 aliphatic heterocycles. The van der Waals surface area contributed by atoms with Crippen LogP contribution in [0.15, 0.2) is 53.3 Å². The van der Waals surface area contributed by atoms with E-state index in [1.54, 1.807) is 6.07 Å². The third-order valence-corrected chi connectivity index (χ3v) is 7.27. The van der Waals surface area contributed by atoms with Gasteiger partial charge in [-0.15, -0.1) is 0 Å². The largest absolute Gasteiger partial charge is 0.356 e. The van der Waals surface area contributed by atoms with E-state index in [4.69, 9.17) is 12.2 Å². The lowest BCUT2D eigenvalue weighted by Crippen LogP contribution is -2.48. The van der Waals surface area contributed by atoms with Crippen molar-refractivity contribution in [3.8, 4) is 0 Å². The van der Waals surface area contributed by atoms with Crippen LogP contribution >= 0.6 is 24.0 Å². The Labute approximate surface area is 180 Å². The van der Waals surface area contributed by atoms with E-state index in [1.165, 1.54) is 11.8 Å². The Morgan fingerprint density at radius 1 is 1.17 bits per heavy atom. The molecule has 1 fully saturated rings. The van der Waals surface area contributed by atoms with Crippen LogP contribution in [0.2, 0.25) is 0 Å². The number of rotatable bonds is 4. The average Bonchev–Trinajstić information content (AvgIpc) is 2.73. The SMILES string of the molecule is CC(NC(=O)CSC(=S)N1CC2CC(C1)c1cccc(=O)n1C2)c1ccccc1. The summed E-state index contributed by atoms with van der Waals surface area (Å²) in [6.07, 6.45) is 1.10. The van der Waals surface area contributed by atoms with Gasteiger partial charge < -0.3 is 14.8 Å². The standard InChI is InChI=1S/C22H25N3O2S2/c1-15(17-6-3-2-4-7-17)23-20(26)14-29-22(28)24-11-16-10-18(13-24)19-8-5-9-21(27)25(19)12-16/h2-9,15-16,18H,10-14H2,1H3,(H,23,26). The Bertz CT molecular complexity index is 960. The average molecular weight is 428 g/mol. The molecular formula is C22H25N3O2S2. The third kappa shape index (κ3) is 4.56. The van der Waals surface area contributed by atoms with Crippen molar-refractivity contribution in [3.63, 3.8) is 0 Å². The number of hydrogen-bond donors (Lipinski definition) is 1. The predicted molar refractivity (Wildman–Crippen MR) is 121 cm³/mol. The highest BCUT2D eigenvalue weighted by Gasteiger charge is 2.35. The quantitative estimate of drug-likeness (QED) is 0.760. The highest BCUT2D eigenvalue weighted by Crippen LogP contribution is 2.36. The van der Waals surface area contributed by atoms with Gasteiger partial charge in [-0.1, -0.05) is 60.4 Å². The molecule has 1 aromatic carbocycles. The molecule has 2 bridgehead atoms. The molecule has 1 N–H and O–H groups in total. The van der Waals surface area contributed by atoms with Gasteiger partial charge in [-0.3, -0.25) is 9.59 Å². The van der Waals surface area contributed by atoms with Gasteiger partial charge in [-0.25, -0.2) is 0 Å². The first-order valence-corrected chi connectivity index (χ1v) is 11.4. The van der Waals surface area contributed by atoms with Crippen molar-refractivity contribution < 1.29 is 4.79 Å². The van der Waals surface area contributed by atoms with E-state index in [9.17, 15) is 9.59 Å². The zero-order valence-electron chi connectivity index (χ0n) is 16.4. The first kappa shape index (κ1) is 20.2.